The zero-order valence-corrected chi connectivity index (χ0v) is 13.4. The molecule has 0 radical (unpaired) electrons. The molecule has 4 aliphatic rings. The maximum atomic E-state index is 10.5. The molecule has 0 heterocycles. The Hall–Kier alpha value is -0.0400. The lowest BCUT2D eigenvalue weighted by molar-refractivity contribution is -0.139. The van der Waals surface area contributed by atoms with E-state index in [9.17, 15) is 5.11 Å². The summed E-state index contributed by atoms with van der Waals surface area (Å²) in [7, 11) is 0. The SMILES string of the molecule is C[C@]12CCC[C@@H]1[C@@H]1CC[C@H]3[C@H](O)CCC[C@]3(C)[C@H]1CC2. The molecule has 20 heavy (non-hydrogen) atoms. The van der Waals surface area contributed by atoms with Gasteiger partial charge < -0.3 is 5.11 Å². The molecule has 1 heteroatoms. The van der Waals surface area contributed by atoms with Gasteiger partial charge in [-0.1, -0.05) is 26.7 Å². The van der Waals surface area contributed by atoms with E-state index in [0.717, 1.165) is 24.2 Å². The lowest BCUT2D eigenvalue weighted by Crippen LogP contribution is -2.54. The zero-order valence-electron chi connectivity index (χ0n) is 13.4. The summed E-state index contributed by atoms with van der Waals surface area (Å²) in [6, 6.07) is 0. The van der Waals surface area contributed by atoms with Crippen LogP contribution in [0.1, 0.15) is 78.1 Å². The fraction of sp³-hybridized carbons (Fsp3) is 1.00. The minimum Gasteiger partial charge on any atom is -0.393 e. The van der Waals surface area contributed by atoms with Crippen LogP contribution in [0.3, 0.4) is 0 Å². The molecule has 0 aromatic carbocycles. The quantitative estimate of drug-likeness (QED) is 0.675. The topological polar surface area (TPSA) is 20.2 Å². The molecule has 0 amide bonds. The van der Waals surface area contributed by atoms with Gasteiger partial charge in [0.1, 0.15) is 0 Å². The Morgan fingerprint density at radius 3 is 2.40 bits per heavy atom. The molecule has 4 rings (SSSR count). The van der Waals surface area contributed by atoms with Crippen molar-refractivity contribution < 1.29 is 5.11 Å². The largest absolute Gasteiger partial charge is 0.393 e. The molecule has 1 N–H and O–H groups in total. The minimum absolute atomic E-state index is 0.00610. The summed E-state index contributed by atoms with van der Waals surface area (Å²) in [5, 5.41) is 10.5. The molecule has 1 nitrogen and oxygen atoms in total. The Balaban J connectivity index is 1.65. The van der Waals surface area contributed by atoms with Crippen LogP contribution >= 0.6 is 0 Å². The third-order valence-electron chi connectivity index (χ3n) is 8.40. The Bertz CT molecular complexity index is 391. The number of aliphatic hydroxyl groups excluding tert-OH is 1. The lowest BCUT2D eigenvalue weighted by Gasteiger charge is -2.60. The van der Waals surface area contributed by atoms with Crippen LogP contribution in [-0.2, 0) is 0 Å². The zero-order chi connectivity index (χ0) is 14.0. The van der Waals surface area contributed by atoms with E-state index in [2.05, 4.69) is 13.8 Å². The average molecular weight is 276 g/mol. The van der Waals surface area contributed by atoms with Gasteiger partial charge >= 0.3 is 0 Å². The maximum Gasteiger partial charge on any atom is 0.0573 e. The van der Waals surface area contributed by atoms with E-state index in [0.29, 0.717) is 16.7 Å². The highest BCUT2D eigenvalue weighted by molar-refractivity contribution is 5.07. The van der Waals surface area contributed by atoms with E-state index in [-0.39, 0.29) is 6.10 Å². The van der Waals surface area contributed by atoms with E-state index in [1.807, 2.05) is 0 Å². The Labute approximate surface area is 124 Å². The van der Waals surface area contributed by atoms with Crippen LogP contribution in [0.4, 0.5) is 0 Å². The fourth-order valence-corrected chi connectivity index (χ4v) is 7.37. The summed E-state index contributed by atoms with van der Waals surface area (Å²) in [5.41, 5.74) is 1.14. The molecule has 4 fully saturated rings. The number of rotatable bonds is 0. The Morgan fingerprint density at radius 1 is 0.750 bits per heavy atom. The van der Waals surface area contributed by atoms with Crippen molar-refractivity contribution >= 4 is 0 Å². The summed E-state index contributed by atoms with van der Waals surface area (Å²) >= 11 is 0. The smallest absolute Gasteiger partial charge is 0.0573 e. The highest BCUT2D eigenvalue weighted by Crippen LogP contribution is 2.66. The van der Waals surface area contributed by atoms with E-state index in [1.165, 1.54) is 57.8 Å². The molecule has 4 saturated carbocycles. The summed E-state index contributed by atoms with van der Waals surface area (Å²) in [6.45, 7) is 5.14. The van der Waals surface area contributed by atoms with Gasteiger partial charge in [-0.05, 0) is 85.9 Å². The molecule has 7 atom stereocenters. The number of aliphatic hydroxyl groups is 1. The highest BCUT2D eigenvalue weighted by atomic mass is 16.3. The molecule has 0 aromatic rings. The number of hydrogen-bond acceptors (Lipinski definition) is 1. The number of hydrogen-bond donors (Lipinski definition) is 1. The standard InChI is InChI=1S/C19H32O/c1-18-10-3-5-14(18)13-7-8-16-17(20)6-4-11-19(16,2)15(13)9-12-18/h13-17,20H,3-12H2,1-2H3/t13-,14+,15-,16-,17+,18+,19+/m0/s1. The molecule has 0 bridgehead atoms. The van der Waals surface area contributed by atoms with Gasteiger partial charge in [0, 0.05) is 0 Å². The van der Waals surface area contributed by atoms with Crippen LogP contribution in [0.25, 0.3) is 0 Å². The van der Waals surface area contributed by atoms with E-state index in [1.54, 1.807) is 0 Å². The van der Waals surface area contributed by atoms with Gasteiger partial charge in [0.2, 0.25) is 0 Å². The maximum absolute atomic E-state index is 10.5. The van der Waals surface area contributed by atoms with Crippen molar-refractivity contribution in [2.45, 2.75) is 84.2 Å². The first-order valence-electron chi connectivity index (χ1n) is 9.23. The van der Waals surface area contributed by atoms with Gasteiger partial charge in [0.25, 0.3) is 0 Å². The van der Waals surface area contributed by atoms with Crippen molar-refractivity contribution in [1.29, 1.82) is 0 Å². The van der Waals surface area contributed by atoms with Crippen molar-refractivity contribution in [3.05, 3.63) is 0 Å². The molecule has 0 aliphatic heterocycles. The molecule has 0 spiro atoms. The van der Waals surface area contributed by atoms with E-state index in [4.69, 9.17) is 0 Å². The van der Waals surface area contributed by atoms with Crippen molar-refractivity contribution in [1.82, 2.24) is 0 Å². The first-order valence-corrected chi connectivity index (χ1v) is 9.23. The third-order valence-corrected chi connectivity index (χ3v) is 8.40. The summed E-state index contributed by atoms with van der Waals surface area (Å²) in [5.74, 6) is 3.54. The second kappa shape index (κ2) is 4.48. The third kappa shape index (κ3) is 1.71. The molecule has 0 unspecified atom stereocenters. The summed E-state index contributed by atoms with van der Waals surface area (Å²) in [4.78, 5) is 0. The molecular weight excluding hydrogens is 244 g/mol. The first-order chi connectivity index (χ1) is 9.55. The van der Waals surface area contributed by atoms with Crippen LogP contribution in [0.15, 0.2) is 0 Å². The molecule has 4 aliphatic carbocycles. The summed E-state index contributed by atoms with van der Waals surface area (Å²) in [6.07, 6.45) is 13.9. The Kier molecular flexibility index (Phi) is 3.05. The number of fused-ring (bicyclic) bond motifs is 5. The highest BCUT2D eigenvalue weighted by Gasteiger charge is 2.58. The molecule has 0 aromatic heterocycles. The van der Waals surface area contributed by atoms with Crippen molar-refractivity contribution in [2.75, 3.05) is 0 Å². The van der Waals surface area contributed by atoms with Crippen LogP contribution < -0.4 is 0 Å². The normalized spacial score (nSPS) is 58.6. The van der Waals surface area contributed by atoms with Crippen LogP contribution in [0, 0.1) is 34.5 Å². The van der Waals surface area contributed by atoms with Crippen molar-refractivity contribution in [3.8, 4) is 0 Å². The van der Waals surface area contributed by atoms with E-state index < -0.39 is 0 Å². The van der Waals surface area contributed by atoms with Gasteiger partial charge in [0.05, 0.1) is 6.10 Å². The van der Waals surface area contributed by atoms with Crippen molar-refractivity contribution in [3.63, 3.8) is 0 Å². The predicted molar refractivity (Wildman–Crippen MR) is 82.4 cm³/mol. The molecule has 0 saturated heterocycles. The van der Waals surface area contributed by atoms with Gasteiger partial charge in [-0.25, -0.2) is 0 Å². The average Bonchev–Trinajstić information content (AvgIpc) is 2.80. The van der Waals surface area contributed by atoms with Crippen LogP contribution in [0.2, 0.25) is 0 Å². The van der Waals surface area contributed by atoms with Gasteiger partial charge in [-0.2, -0.15) is 0 Å². The summed E-state index contributed by atoms with van der Waals surface area (Å²) < 4.78 is 0. The van der Waals surface area contributed by atoms with Gasteiger partial charge in [-0.15, -0.1) is 0 Å². The first kappa shape index (κ1) is 13.6. The molecular formula is C19H32O. The predicted octanol–water partition coefficient (Wildman–Crippen LogP) is 4.78. The fourth-order valence-electron chi connectivity index (χ4n) is 7.37. The van der Waals surface area contributed by atoms with Crippen LogP contribution in [-0.4, -0.2) is 11.2 Å². The second-order valence-corrected chi connectivity index (χ2v) is 9.11. The monoisotopic (exact) mass is 276 g/mol. The minimum atomic E-state index is 0.00610. The van der Waals surface area contributed by atoms with E-state index >= 15 is 0 Å². The van der Waals surface area contributed by atoms with Gasteiger partial charge in [0.15, 0.2) is 0 Å². The Morgan fingerprint density at radius 2 is 1.55 bits per heavy atom. The lowest BCUT2D eigenvalue weighted by atomic mass is 9.45. The van der Waals surface area contributed by atoms with Crippen molar-refractivity contribution in [2.24, 2.45) is 34.5 Å². The van der Waals surface area contributed by atoms with Gasteiger partial charge in [-0.3, -0.25) is 0 Å². The molecule has 114 valence electrons. The second-order valence-electron chi connectivity index (χ2n) is 9.11. The van der Waals surface area contributed by atoms with Crippen LogP contribution in [0.5, 0.6) is 0 Å².